The Kier molecular flexibility index (Phi) is 10.2. The lowest BCUT2D eigenvalue weighted by molar-refractivity contribution is -0.275. The van der Waals surface area contributed by atoms with Crippen molar-refractivity contribution < 1.29 is 45.4 Å². The average Bonchev–Trinajstić information content (AvgIpc) is 2.71. The number of alkyl halides is 6. The summed E-state index contributed by atoms with van der Waals surface area (Å²) in [7, 11) is 2.51. The second kappa shape index (κ2) is 12.6. The molecule has 0 atom stereocenters. The van der Waals surface area contributed by atoms with Crippen molar-refractivity contribution in [2.45, 2.75) is 25.6 Å². The molecule has 186 valence electrons. The summed E-state index contributed by atoms with van der Waals surface area (Å²) < 4.78 is 82.3. The lowest BCUT2D eigenvalue weighted by atomic mass is 10.3. The van der Waals surface area contributed by atoms with Crippen LogP contribution in [-0.2, 0) is 9.59 Å². The van der Waals surface area contributed by atoms with Gasteiger partial charge in [0, 0.05) is 24.3 Å². The summed E-state index contributed by atoms with van der Waals surface area (Å²) >= 11 is 0. The van der Waals surface area contributed by atoms with Crippen molar-refractivity contribution in [1.29, 1.82) is 0 Å². The first-order valence-electron chi connectivity index (χ1n) is 9.46. The summed E-state index contributed by atoms with van der Waals surface area (Å²) in [6.07, 6.45) is -9.81. The van der Waals surface area contributed by atoms with Crippen molar-refractivity contribution in [2.75, 3.05) is 22.1 Å². The molecule has 2 aromatic carbocycles. The molecule has 0 unspecified atom stereocenters. The highest BCUT2D eigenvalue weighted by molar-refractivity contribution is 8.76. The van der Waals surface area contributed by atoms with Gasteiger partial charge in [-0.25, -0.2) is 0 Å². The van der Waals surface area contributed by atoms with Crippen molar-refractivity contribution >= 4 is 44.8 Å². The molecule has 34 heavy (non-hydrogen) atoms. The van der Waals surface area contributed by atoms with E-state index in [1.54, 1.807) is 0 Å². The summed E-state index contributed by atoms with van der Waals surface area (Å²) in [5, 5.41) is 4.70. The van der Waals surface area contributed by atoms with E-state index in [9.17, 15) is 35.9 Å². The van der Waals surface area contributed by atoms with Gasteiger partial charge in [-0.3, -0.25) is 9.59 Å². The highest BCUT2D eigenvalue weighted by Gasteiger charge is 2.33. The van der Waals surface area contributed by atoms with Crippen molar-refractivity contribution in [1.82, 2.24) is 0 Å². The van der Waals surface area contributed by atoms with Gasteiger partial charge in [-0.05, 0) is 24.3 Å². The fraction of sp³-hybridized carbons (Fsp3) is 0.300. The molecule has 0 aromatic heterocycles. The standard InChI is InChI=1S/C20H18F6N2O4S2/c21-19(22,23)31-15-7-3-1-5-13(15)27-17(29)9-11-33-34-12-10-18(30)28-14-6-2-4-8-16(14)32-20(24,25)26/h1-8H,9-12H2,(H,27,29)(H,28,30). The number of nitrogens with one attached hydrogen (secondary N) is 2. The lowest BCUT2D eigenvalue weighted by Crippen LogP contribution is -2.19. The third-order valence-corrected chi connectivity index (χ3v) is 6.09. The Morgan fingerprint density at radius 2 is 1.03 bits per heavy atom. The smallest absolute Gasteiger partial charge is 0.404 e. The summed E-state index contributed by atoms with van der Waals surface area (Å²) in [5.74, 6) is -1.49. The summed E-state index contributed by atoms with van der Waals surface area (Å²) in [6, 6.07) is 10.3. The second-order valence-electron chi connectivity index (χ2n) is 6.33. The molecule has 0 spiro atoms. The predicted molar refractivity (Wildman–Crippen MR) is 118 cm³/mol. The Bertz CT molecular complexity index is 895. The Morgan fingerprint density at radius 1 is 0.676 bits per heavy atom. The average molecular weight is 528 g/mol. The molecule has 0 aliphatic heterocycles. The van der Waals surface area contributed by atoms with Crippen LogP contribution in [0.3, 0.4) is 0 Å². The number of para-hydroxylation sites is 4. The second-order valence-corrected chi connectivity index (χ2v) is 9.03. The topological polar surface area (TPSA) is 76.7 Å². The van der Waals surface area contributed by atoms with Gasteiger partial charge in [0.2, 0.25) is 11.8 Å². The van der Waals surface area contributed by atoms with Crippen molar-refractivity contribution in [3.8, 4) is 11.5 Å². The van der Waals surface area contributed by atoms with Gasteiger partial charge in [0.05, 0.1) is 11.4 Å². The fourth-order valence-corrected chi connectivity index (χ4v) is 4.36. The monoisotopic (exact) mass is 528 g/mol. The van der Waals surface area contributed by atoms with Gasteiger partial charge in [0.15, 0.2) is 11.5 Å². The summed E-state index contributed by atoms with van der Waals surface area (Å²) in [5.41, 5.74) is -0.233. The lowest BCUT2D eigenvalue weighted by Gasteiger charge is -2.14. The fourth-order valence-electron chi connectivity index (χ4n) is 2.38. The minimum absolute atomic E-state index is 0.00757. The van der Waals surface area contributed by atoms with Crippen LogP contribution in [0.2, 0.25) is 0 Å². The van der Waals surface area contributed by atoms with E-state index >= 15 is 0 Å². The normalized spacial score (nSPS) is 11.6. The molecule has 0 bridgehead atoms. The zero-order valence-corrected chi connectivity index (χ0v) is 18.8. The van der Waals surface area contributed by atoms with E-state index in [1.165, 1.54) is 58.0 Å². The van der Waals surface area contributed by atoms with Crippen LogP contribution >= 0.6 is 21.6 Å². The van der Waals surface area contributed by atoms with Gasteiger partial charge in [0.25, 0.3) is 0 Å². The number of carbonyl (C=O) groups is 2. The molecule has 6 nitrogen and oxygen atoms in total. The van der Waals surface area contributed by atoms with Crippen molar-refractivity contribution in [3.63, 3.8) is 0 Å². The molecule has 0 aliphatic carbocycles. The van der Waals surface area contributed by atoms with E-state index in [0.717, 1.165) is 12.1 Å². The van der Waals surface area contributed by atoms with E-state index in [4.69, 9.17) is 0 Å². The molecule has 2 amide bonds. The molecule has 0 fully saturated rings. The number of amides is 2. The summed E-state index contributed by atoms with van der Waals surface area (Å²) in [6.45, 7) is 0. The van der Waals surface area contributed by atoms with Gasteiger partial charge < -0.3 is 20.1 Å². The molecule has 2 N–H and O–H groups in total. The molecule has 0 radical (unpaired) electrons. The molecule has 2 rings (SSSR count). The van der Waals surface area contributed by atoms with Crippen LogP contribution in [0, 0.1) is 0 Å². The Labute approximate surface area is 198 Å². The minimum Gasteiger partial charge on any atom is -0.404 e. The van der Waals surface area contributed by atoms with Crippen LogP contribution in [0.1, 0.15) is 12.8 Å². The van der Waals surface area contributed by atoms with Crippen molar-refractivity contribution in [2.24, 2.45) is 0 Å². The highest BCUT2D eigenvalue weighted by atomic mass is 33.1. The molecule has 0 heterocycles. The maximum absolute atomic E-state index is 12.4. The van der Waals surface area contributed by atoms with E-state index in [1.807, 2.05) is 0 Å². The first-order chi connectivity index (χ1) is 15.9. The first kappa shape index (κ1) is 27.5. The number of hydrogen-bond donors (Lipinski definition) is 2. The van der Waals surface area contributed by atoms with Crippen LogP contribution in [0.4, 0.5) is 37.7 Å². The number of benzene rings is 2. The molecule has 2 aromatic rings. The molecule has 0 saturated heterocycles. The highest BCUT2D eigenvalue weighted by Crippen LogP contribution is 2.31. The number of carbonyl (C=O) groups excluding carboxylic acids is 2. The predicted octanol–water partition coefficient (Wildman–Crippen LogP) is 6.22. The van der Waals surface area contributed by atoms with Crippen LogP contribution in [-0.4, -0.2) is 36.0 Å². The molecule has 14 heteroatoms. The number of ether oxygens (including phenoxy) is 2. The van der Waals surface area contributed by atoms with Gasteiger partial charge in [-0.1, -0.05) is 45.9 Å². The quantitative estimate of drug-likeness (QED) is 0.205. The van der Waals surface area contributed by atoms with Crippen LogP contribution in [0.25, 0.3) is 0 Å². The maximum atomic E-state index is 12.4. The number of rotatable bonds is 11. The van der Waals surface area contributed by atoms with Crippen LogP contribution in [0.15, 0.2) is 48.5 Å². The van der Waals surface area contributed by atoms with E-state index in [-0.39, 0.29) is 24.2 Å². The molecular formula is C20H18F6N2O4S2. The summed E-state index contributed by atoms with van der Waals surface area (Å²) in [4.78, 5) is 24.0. The third-order valence-electron chi connectivity index (χ3n) is 3.68. The Hall–Kier alpha value is -2.74. The van der Waals surface area contributed by atoms with Gasteiger partial charge >= 0.3 is 12.7 Å². The van der Waals surface area contributed by atoms with Gasteiger partial charge in [-0.15, -0.1) is 26.3 Å². The van der Waals surface area contributed by atoms with Crippen molar-refractivity contribution in [3.05, 3.63) is 48.5 Å². The molecule has 0 aliphatic rings. The number of hydrogen-bond acceptors (Lipinski definition) is 6. The zero-order valence-electron chi connectivity index (χ0n) is 17.2. The van der Waals surface area contributed by atoms with Gasteiger partial charge in [-0.2, -0.15) is 0 Å². The van der Waals surface area contributed by atoms with Crippen LogP contribution in [0.5, 0.6) is 11.5 Å². The minimum atomic E-state index is -4.90. The van der Waals surface area contributed by atoms with E-state index in [2.05, 4.69) is 20.1 Å². The Balaban J connectivity index is 1.68. The van der Waals surface area contributed by atoms with Gasteiger partial charge in [0.1, 0.15) is 0 Å². The number of anilines is 2. The van der Waals surface area contributed by atoms with E-state index < -0.39 is 36.0 Å². The number of halogens is 6. The zero-order chi connectivity index (χ0) is 25.2. The van der Waals surface area contributed by atoms with Crippen LogP contribution < -0.4 is 20.1 Å². The first-order valence-corrected chi connectivity index (χ1v) is 12.0. The maximum Gasteiger partial charge on any atom is 0.573 e. The largest absolute Gasteiger partial charge is 0.573 e. The molecular weight excluding hydrogens is 510 g/mol. The Morgan fingerprint density at radius 3 is 1.38 bits per heavy atom. The SMILES string of the molecule is O=C(CCSSCCC(=O)Nc1ccccc1OC(F)(F)F)Nc1ccccc1OC(F)(F)F. The molecule has 0 saturated carbocycles. The third kappa shape index (κ3) is 10.9. The van der Waals surface area contributed by atoms with E-state index in [0.29, 0.717) is 11.5 Å².